The van der Waals surface area contributed by atoms with Gasteiger partial charge in [0.25, 0.3) is 0 Å². The van der Waals surface area contributed by atoms with Gasteiger partial charge in [-0.2, -0.15) is 0 Å². The van der Waals surface area contributed by atoms with E-state index >= 15 is 0 Å². The maximum atomic E-state index is 11.9. The van der Waals surface area contributed by atoms with Crippen molar-refractivity contribution in [3.63, 3.8) is 0 Å². The van der Waals surface area contributed by atoms with Crippen molar-refractivity contribution in [2.75, 3.05) is 0 Å². The number of ether oxygens (including phenoxy) is 1. The van der Waals surface area contributed by atoms with Gasteiger partial charge in [0.05, 0.1) is 10.6 Å². The number of aliphatic imine (C=N–C) groups is 1. The van der Waals surface area contributed by atoms with Crippen LogP contribution in [0.25, 0.3) is 6.08 Å². The van der Waals surface area contributed by atoms with Crippen LogP contribution >= 0.6 is 23.2 Å². The summed E-state index contributed by atoms with van der Waals surface area (Å²) in [4.78, 5) is 16.1. The standard InChI is InChI=1S/C16H9Cl2NO2/c17-11-7-5-10(6-8-11)9-14-16(20)21-15(19-14)12-3-1-2-4-13(12)18/h1-9H. The lowest BCUT2D eigenvalue weighted by atomic mass is 10.2. The molecule has 0 fully saturated rings. The van der Waals surface area contributed by atoms with Crippen molar-refractivity contribution in [3.8, 4) is 0 Å². The third-order valence-corrected chi connectivity index (χ3v) is 3.48. The summed E-state index contributed by atoms with van der Waals surface area (Å²) in [5.74, 6) is -0.286. The summed E-state index contributed by atoms with van der Waals surface area (Å²) in [5.41, 5.74) is 1.63. The molecule has 2 aromatic carbocycles. The van der Waals surface area contributed by atoms with Crippen LogP contribution in [0, 0.1) is 0 Å². The lowest BCUT2D eigenvalue weighted by molar-refractivity contribution is -0.129. The Morgan fingerprint density at radius 3 is 2.43 bits per heavy atom. The molecular weight excluding hydrogens is 309 g/mol. The topological polar surface area (TPSA) is 38.7 Å². The molecule has 0 bridgehead atoms. The second kappa shape index (κ2) is 5.72. The zero-order valence-corrected chi connectivity index (χ0v) is 12.2. The van der Waals surface area contributed by atoms with Crippen LogP contribution in [-0.4, -0.2) is 11.9 Å². The molecule has 0 saturated heterocycles. The van der Waals surface area contributed by atoms with Crippen molar-refractivity contribution in [2.45, 2.75) is 0 Å². The van der Waals surface area contributed by atoms with Crippen LogP contribution in [0.4, 0.5) is 0 Å². The van der Waals surface area contributed by atoms with Crippen LogP contribution < -0.4 is 0 Å². The van der Waals surface area contributed by atoms with Crippen LogP contribution in [0.2, 0.25) is 10.0 Å². The van der Waals surface area contributed by atoms with Crippen LogP contribution in [0.3, 0.4) is 0 Å². The average Bonchev–Trinajstić information content (AvgIpc) is 2.83. The number of hydrogen-bond donors (Lipinski definition) is 0. The first-order valence-electron chi connectivity index (χ1n) is 6.16. The second-order valence-electron chi connectivity index (χ2n) is 4.37. The SMILES string of the molecule is O=C1OC(c2ccccc2Cl)=NC1=Cc1ccc(Cl)cc1. The Kier molecular flexibility index (Phi) is 3.78. The molecule has 0 aromatic heterocycles. The quantitative estimate of drug-likeness (QED) is 0.610. The van der Waals surface area contributed by atoms with Gasteiger partial charge in [-0.1, -0.05) is 47.5 Å². The molecule has 0 atom stereocenters. The molecule has 0 amide bonds. The Morgan fingerprint density at radius 1 is 1.00 bits per heavy atom. The molecule has 0 radical (unpaired) electrons. The molecule has 0 saturated carbocycles. The summed E-state index contributed by atoms with van der Waals surface area (Å²) in [7, 11) is 0. The minimum Gasteiger partial charge on any atom is -0.402 e. The smallest absolute Gasteiger partial charge is 0.363 e. The summed E-state index contributed by atoms with van der Waals surface area (Å²) >= 11 is 11.9. The lowest BCUT2D eigenvalue weighted by Crippen LogP contribution is -2.05. The predicted molar refractivity (Wildman–Crippen MR) is 83.5 cm³/mol. The molecule has 2 aromatic rings. The summed E-state index contributed by atoms with van der Waals surface area (Å²) in [6.07, 6.45) is 1.64. The monoisotopic (exact) mass is 317 g/mol. The van der Waals surface area contributed by atoms with Gasteiger partial charge in [-0.05, 0) is 35.9 Å². The number of rotatable bonds is 2. The second-order valence-corrected chi connectivity index (χ2v) is 5.21. The van der Waals surface area contributed by atoms with Crippen LogP contribution in [0.5, 0.6) is 0 Å². The summed E-state index contributed by atoms with van der Waals surface area (Å²) < 4.78 is 5.17. The zero-order valence-electron chi connectivity index (χ0n) is 10.7. The highest BCUT2D eigenvalue weighted by Gasteiger charge is 2.25. The first-order valence-corrected chi connectivity index (χ1v) is 6.92. The minimum absolute atomic E-state index is 0.214. The normalized spacial score (nSPS) is 16.0. The number of carbonyl (C=O) groups is 1. The maximum absolute atomic E-state index is 11.9. The third kappa shape index (κ3) is 2.99. The number of halogens is 2. The van der Waals surface area contributed by atoms with Crippen molar-refractivity contribution in [2.24, 2.45) is 4.99 Å². The van der Waals surface area contributed by atoms with Crippen LogP contribution in [0.15, 0.2) is 59.2 Å². The van der Waals surface area contributed by atoms with Gasteiger partial charge < -0.3 is 4.74 Å². The molecule has 0 N–H and O–H groups in total. The van der Waals surface area contributed by atoms with Gasteiger partial charge in [0.15, 0.2) is 5.70 Å². The van der Waals surface area contributed by atoms with E-state index in [0.29, 0.717) is 15.6 Å². The fourth-order valence-corrected chi connectivity index (χ4v) is 2.22. The Labute approximate surface area is 131 Å². The fourth-order valence-electron chi connectivity index (χ4n) is 1.88. The molecule has 3 nitrogen and oxygen atoms in total. The average molecular weight is 318 g/mol. The van der Waals surface area contributed by atoms with Gasteiger partial charge in [-0.15, -0.1) is 0 Å². The van der Waals surface area contributed by atoms with E-state index < -0.39 is 5.97 Å². The molecule has 104 valence electrons. The van der Waals surface area contributed by atoms with Crippen LogP contribution in [-0.2, 0) is 9.53 Å². The maximum Gasteiger partial charge on any atom is 0.363 e. The molecule has 0 spiro atoms. The predicted octanol–water partition coefficient (Wildman–Crippen LogP) is 4.34. The lowest BCUT2D eigenvalue weighted by Gasteiger charge is -2.00. The molecular formula is C16H9Cl2NO2. The molecule has 1 aliphatic heterocycles. The van der Waals surface area contributed by atoms with E-state index in [0.717, 1.165) is 5.56 Å². The van der Waals surface area contributed by atoms with E-state index in [2.05, 4.69) is 4.99 Å². The van der Waals surface area contributed by atoms with E-state index in [-0.39, 0.29) is 11.6 Å². The molecule has 0 unspecified atom stereocenters. The van der Waals surface area contributed by atoms with E-state index in [4.69, 9.17) is 27.9 Å². The molecule has 1 aliphatic rings. The summed E-state index contributed by atoms with van der Waals surface area (Å²) in [6.45, 7) is 0. The summed E-state index contributed by atoms with van der Waals surface area (Å²) in [6, 6.07) is 14.1. The summed E-state index contributed by atoms with van der Waals surface area (Å²) in [5, 5.41) is 1.11. The number of cyclic esters (lactones) is 1. The van der Waals surface area contributed by atoms with E-state index in [1.54, 1.807) is 54.6 Å². The molecule has 3 rings (SSSR count). The first kappa shape index (κ1) is 13.9. The Balaban J connectivity index is 1.96. The van der Waals surface area contributed by atoms with Gasteiger partial charge in [0.1, 0.15) is 0 Å². The largest absolute Gasteiger partial charge is 0.402 e. The highest BCUT2D eigenvalue weighted by Crippen LogP contribution is 2.23. The fraction of sp³-hybridized carbons (Fsp3) is 0. The number of carbonyl (C=O) groups excluding carboxylic acids is 1. The van der Waals surface area contributed by atoms with Crippen molar-refractivity contribution in [1.29, 1.82) is 0 Å². The van der Waals surface area contributed by atoms with Crippen molar-refractivity contribution in [3.05, 3.63) is 75.4 Å². The van der Waals surface area contributed by atoms with Gasteiger partial charge in [-0.25, -0.2) is 9.79 Å². The third-order valence-electron chi connectivity index (χ3n) is 2.90. The van der Waals surface area contributed by atoms with E-state index in [1.807, 2.05) is 0 Å². The van der Waals surface area contributed by atoms with Gasteiger partial charge in [-0.3, -0.25) is 0 Å². The van der Waals surface area contributed by atoms with Gasteiger partial charge in [0.2, 0.25) is 5.90 Å². The molecule has 5 heteroatoms. The van der Waals surface area contributed by atoms with Crippen LogP contribution in [0.1, 0.15) is 11.1 Å². The Hall–Kier alpha value is -2.10. The number of hydrogen-bond acceptors (Lipinski definition) is 3. The number of benzene rings is 2. The van der Waals surface area contributed by atoms with Crippen molar-refractivity contribution < 1.29 is 9.53 Å². The van der Waals surface area contributed by atoms with Gasteiger partial charge in [0, 0.05) is 5.02 Å². The minimum atomic E-state index is -0.500. The number of esters is 1. The Morgan fingerprint density at radius 2 is 1.71 bits per heavy atom. The first-order chi connectivity index (χ1) is 10.1. The molecule has 1 heterocycles. The van der Waals surface area contributed by atoms with E-state index in [9.17, 15) is 4.79 Å². The highest BCUT2D eigenvalue weighted by molar-refractivity contribution is 6.34. The molecule has 21 heavy (non-hydrogen) atoms. The van der Waals surface area contributed by atoms with Crippen molar-refractivity contribution >= 4 is 41.1 Å². The van der Waals surface area contributed by atoms with Crippen molar-refractivity contribution in [1.82, 2.24) is 0 Å². The highest BCUT2D eigenvalue weighted by atomic mass is 35.5. The van der Waals surface area contributed by atoms with Gasteiger partial charge >= 0.3 is 5.97 Å². The Bertz CT molecular complexity index is 764. The van der Waals surface area contributed by atoms with E-state index in [1.165, 1.54) is 0 Å². The molecule has 0 aliphatic carbocycles. The number of nitrogens with zero attached hydrogens (tertiary/aromatic N) is 1. The zero-order chi connectivity index (χ0) is 14.8.